The summed E-state index contributed by atoms with van der Waals surface area (Å²) in [6.45, 7) is 9.42. The zero-order valence-electron chi connectivity index (χ0n) is 33.1. The molecule has 1 heterocycles. The van der Waals surface area contributed by atoms with Gasteiger partial charge in [0.2, 0.25) is 5.91 Å². The number of aliphatic hydroxyl groups excluding tert-OH is 1. The molecule has 0 aliphatic carbocycles. The van der Waals surface area contributed by atoms with Crippen LogP contribution in [0, 0.1) is 33.8 Å². The van der Waals surface area contributed by atoms with Gasteiger partial charge in [-0.15, -0.1) is 10.1 Å². The highest BCUT2D eigenvalue weighted by molar-refractivity contribution is 5.91. The first kappa shape index (κ1) is 44.9. The topological polar surface area (TPSA) is 202 Å². The molecule has 15 nitrogen and oxygen atoms in total. The molecular weight excluding hydrogens is 712 g/mol. The van der Waals surface area contributed by atoms with E-state index in [4.69, 9.17) is 24.7 Å². The molecule has 0 aromatic heterocycles. The van der Waals surface area contributed by atoms with Crippen LogP contribution in [0.25, 0.3) is 0 Å². The molecule has 0 bridgehead atoms. The van der Waals surface area contributed by atoms with E-state index in [2.05, 4.69) is 24.0 Å². The minimum absolute atomic E-state index is 0.0358. The van der Waals surface area contributed by atoms with Crippen LogP contribution in [0.1, 0.15) is 81.3 Å². The molecule has 15 heteroatoms. The maximum atomic E-state index is 13.5. The number of carbonyl (C=O) groups excluding carboxylic acids is 3. The number of amides is 2. The maximum Gasteiger partial charge on any atom is 0.338 e. The number of likely N-dealkylation sites (tertiary alicyclic amines) is 1. The molecule has 0 spiro atoms. The Morgan fingerprint density at radius 2 is 1.64 bits per heavy atom. The molecule has 2 amide bonds. The van der Waals surface area contributed by atoms with E-state index in [1.54, 1.807) is 19.1 Å². The lowest BCUT2D eigenvalue weighted by molar-refractivity contribution is -0.763. The van der Waals surface area contributed by atoms with Crippen molar-refractivity contribution in [2.24, 2.45) is 29.4 Å². The Hall–Kier alpha value is -4.47. The van der Waals surface area contributed by atoms with Crippen molar-refractivity contribution >= 4 is 17.8 Å². The first-order chi connectivity index (χ1) is 26.2. The molecule has 1 aliphatic heterocycles. The van der Waals surface area contributed by atoms with Crippen LogP contribution in [-0.2, 0) is 36.9 Å². The Bertz CT molecular complexity index is 1510. The number of piperidine rings is 1. The van der Waals surface area contributed by atoms with Crippen molar-refractivity contribution in [3.8, 4) is 11.5 Å². The largest absolute Gasteiger partial charge is 0.493 e. The Kier molecular flexibility index (Phi) is 18.6. The van der Waals surface area contributed by atoms with Crippen molar-refractivity contribution in [1.82, 2.24) is 10.2 Å². The van der Waals surface area contributed by atoms with Crippen molar-refractivity contribution in [1.29, 1.82) is 0 Å². The lowest BCUT2D eigenvalue weighted by Gasteiger charge is -2.34. The van der Waals surface area contributed by atoms with Crippen LogP contribution in [0.2, 0.25) is 0 Å². The first-order valence-corrected chi connectivity index (χ1v) is 19.1. The van der Waals surface area contributed by atoms with Crippen LogP contribution in [-0.4, -0.2) is 98.2 Å². The zero-order chi connectivity index (χ0) is 40.5. The van der Waals surface area contributed by atoms with Gasteiger partial charge in [-0.25, -0.2) is 4.79 Å². The first-order valence-electron chi connectivity index (χ1n) is 19.1. The number of nitrogens with zero attached hydrogens (tertiary/aromatic N) is 2. The lowest BCUT2D eigenvalue weighted by atomic mass is 9.80. The van der Waals surface area contributed by atoms with Crippen LogP contribution in [0.15, 0.2) is 42.5 Å². The van der Waals surface area contributed by atoms with Crippen LogP contribution in [0.5, 0.6) is 11.5 Å². The third kappa shape index (κ3) is 14.9. The number of carbonyl (C=O) groups is 3. The summed E-state index contributed by atoms with van der Waals surface area (Å²) in [7, 11) is 3.27. The Balaban J connectivity index is 1.47. The quantitative estimate of drug-likeness (QED) is 0.0626. The van der Waals surface area contributed by atoms with Gasteiger partial charge in [0.25, 0.3) is 11.0 Å². The molecular formula is C40H60N4O11. The van der Waals surface area contributed by atoms with Crippen molar-refractivity contribution in [3.63, 3.8) is 0 Å². The Morgan fingerprint density at radius 3 is 2.24 bits per heavy atom. The zero-order valence-corrected chi connectivity index (χ0v) is 33.1. The van der Waals surface area contributed by atoms with E-state index in [1.165, 1.54) is 24.3 Å². The maximum absolute atomic E-state index is 13.5. The van der Waals surface area contributed by atoms with E-state index < -0.39 is 35.7 Å². The number of methoxy groups -OCH3 is 2. The molecule has 1 saturated heterocycles. The van der Waals surface area contributed by atoms with Crippen molar-refractivity contribution in [2.75, 3.05) is 47.1 Å². The van der Waals surface area contributed by atoms with Gasteiger partial charge in [0.15, 0.2) is 18.1 Å². The fourth-order valence-corrected chi connectivity index (χ4v) is 6.61. The number of ether oxygens (including phenoxy) is 4. The van der Waals surface area contributed by atoms with Crippen molar-refractivity contribution in [3.05, 3.63) is 69.3 Å². The van der Waals surface area contributed by atoms with Crippen molar-refractivity contribution in [2.45, 2.75) is 91.0 Å². The number of aliphatic hydroxyl groups is 1. The molecule has 2 aromatic rings. The fourth-order valence-electron chi connectivity index (χ4n) is 6.61. The minimum atomic E-state index is -0.899. The van der Waals surface area contributed by atoms with Gasteiger partial charge < -0.3 is 44.8 Å². The third-order valence-corrected chi connectivity index (χ3v) is 10.2. The molecule has 1 aliphatic rings. The molecule has 3 rings (SSSR count). The summed E-state index contributed by atoms with van der Waals surface area (Å²) >= 11 is 0. The monoisotopic (exact) mass is 772 g/mol. The molecule has 55 heavy (non-hydrogen) atoms. The smallest absolute Gasteiger partial charge is 0.338 e. The summed E-state index contributed by atoms with van der Waals surface area (Å²) in [5.41, 5.74) is 8.42. The predicted octanol–water partition coefficient (Wildman–Crippen LogP) is 4.34. The average molecular weight is 773 g/mol. The number of rotatable bonds is 23. The highest BCUT2D eigenvalue weighted by atomic mass is 16.9. The standard InChI is InChI=1S/C40H60N4O11/c1-26(2)31(20-29-10-13-36(52-6)37(21-29)53-19-7-18-51-5)22-34(41)35(45)23-33(27(3)4)39(47)42-32-14-16-43(17-15-32)38(46)25-54-40(48)30-11-8-28(9-12-30)24-55-44(49)50/h8-13,21,26-27,31-35,45H,7,14-20,22-25,41H2,1-6H3,(H,42,47). The SMILES string of the molecule is COCCCOc1cc(CC(CC(N)C(O)CC(C(=O)NC2CCN(C(=O)COC(=O)c3ccc(CO[N+](=O)[O-])cc3)CC2)C(C)C)C(C)C)ccc1OC. The number of hydrogen-bond acceptors (Lipinski definition) is 12. The van der Waals surface area contributed by atoms with E-state index in [9.17, 15) is 29.6 Å². The highest BCUT2D eigenvalue weighted by Gasteiger charge is 2.32. The van der Waals surface area contributed by atoms with Gasteiger partial charge >= 0.3 is 5.97 Å². The number of esters is 1. The van der Waals surface area contributed by atoms with Crippen LogP contribution >= 0.6 is 0 Å². The summed E-state index contributed by atoms with van der Waals surface area (Å²) in [6.07, 6.45) is 2.51. The Labute approximate surface area is 324 Å². The van der Waals surface area contributed by atoms with E-state index in [0.29, 0.717) is 68.5 Å². The lowest BCUT2D eigenvalue weighted by Crippen LogP contribution is -2.50. The molecule has 1 fully saturated rings. The summed E-state index contributed by atoms with van der Waals surface area (Å²) in [5.74, 6) is 0.151. The second-order valence-electron chi connectivity index (χ2n) is 14.9. The van der Waals surface area contributed by atoms with Gasteiger partial charge in [-0.3, -0.25) is 9.59 Å². The summed E-state index contributed by atoms with van der Waals surface area (Å²) < 4.78 is 21.8. The van der Waals surface area contributed by atoms with E-state index in [1.807, 2.05) is 32.0 Å². The summed E-state index contributed by atoms with van der Waals surface area (Å²) in [6, 6.07) is 11.2. The molecule has 2 aromatic carbocycles. The number of hydrogen-bond donors (Lipinski definition) is 3. The van der Waals surface area contributed by atoms with Gasteiger partial charge in [-0.1, -0.05) is 45.9 Å². The predicted molar refractivity (Wildman–Crippen MR) is 205 cm³/mol. The normalized spacial score (nSPS) is 15.6. The number of benzene rings is 2. The Morgan fingerprint density at radius 1 is 0.964 bits per heavy atom. The molecule has 306 valence electrons. The van der Waals surface area contributed by atoms with Gasteiger partial charge in [0.05, 0.1) is 25.4 Å². The molecule has 4 atom stereocenters. The van der Waals surface area contributed by atoms with Gasteiger partial charge in [0, 0.05) is 51.2 Å². The van der Waals surface area contributed by atoms with Gasteiger partial charge in [0.1, 0.15) is 6.61 Å². The van der Waals surface area contributed by atoms with Crippen molar-refractivity contribution < 1.29 is 48.4 Å². The average Bonchev–Trinajstić information content (AvgIpc) is 3.16. The molecule has 4 N–H and O–H groups in total. The second kappa shape index (κ2) is 22.8. The van der Waals surface area contributed by atoms with E-state index in [0.717, 1.165) is 18.4 Å². The number of nitrogens with one attached hydrogen (secondary N) is 1. The minimum Gasteiger partial charge on any atom is -0.493 e. The molecule has 4 unspecified atom stereocenters. The molecule has 0 saturated carbocycles. The van der Waals surface area contributed by atoms with E-state index >= 15 is 0 Å². The highest BCUT2D eigenvalue weighted by Crippen LogP contribution is 2.32. The summed E-state index contributed by atoms with van der Waals surface area (Å²) in [5, 5.41) is 23.9. The van der Waals surface area contributed by atoms with Crippen LogP contribution in [0.4, 0.5) is 0 Å². The third-order valence-electron chi connectivity index (χ3n) is 10.2. The fraction of sp³-hybridized carbons (Fsp3) is 0.625. The number of nitrogens with two attached hydrogens (primary N) is 1. The molecule has 0 radical (unpaired) electrons. The van der Waals surface area contributed by atoms with Gasteiger partial charge in [-0.05, 0) is 85.3 Å². The summed E-state index contributed by atoms with van der Waals surface area (Å²) in [4.78, 5) is 55.0. The second-order valence-corrected chi connectivity index (χ2v) is 14.9. The van der Waals surface area contributed by atoms with Crippen LogP contribution < -0.4 is 20.5 Å². The van der Waals surface area contributed by atoms with Crippen LogP contribution in [0.3, 0.4) is 0 Å². The van der Waals surface area contributed by atoms with Gasteiger partial charge in [-0.2, -0.15) is 0 Å². The van der Waals surface area contributed by atoms with E-state index in [-0.39, 0.29) is 48.3 Å².